The summed E-state index contributed by atoms with van der Waals surface area (Å²) in [5.74, 6) is 0. The number of hydrogen-bond acceptors (Lipinski definition) is 4. The van der Waals surface area contributed by atoms with E-state index in [0.29, 0.717) is 7.37 Å². The predicted octanol–water partition coefficient (Wildman–Crippen LogP) is 0.0636. The van der Waals surface area contributed by atoms with E-state index in [0.717, 1.165) is 0 Å². The quantitative estimate of drug-likeness (QED) is 0.720. The van der Waals surface area contributed by atoms with E-state index < -0.39 is 18.2 Å². The maximum Gasteiger partial charge on any atom is 0.441 e. The molecule has 1 atom stereocenters. The third-order valence-corrected chi connectivity index (χ3v) is 4.36. The number of rotatable bonds is 4. The summed E-state index contributed by atoms with van der Waals surface area (Å²) in [6.07, 6.45) is 0. The van der Waals surface area contributed by atoms with Gasteiger partial charge in [0.1, 0.15) is 7.85 Å². The Morgan fingerprint density at radius 1 is 1.17 bits per heavy atom. The summed E-state index contributed by atoms with van der Waals surface area (Å²) in [4.78, 5) is 0. The predicted molar refractivity (Wildman–Crippen MR) is 77.6 cm³/mol. The first-order chi connectivity index (χ1) is 7.79. The molecule has 0 spiro atoms. The second-order valence-electron chi connectivity index (χ2n) is 7.07. The van der Waals surface area contributed by atoms with Crippen LogP contribution in [0.15, 0.2) is 0 Å². The van der Waals surface area contributed by atoms with Crippen molar-refractivity contribution in [3.8, 4) is 0 Å². The molecule has 1 fully saturated rings. The molecule has 0 aromatic rings. The lowest BCUT2D eigenvalue weighted by molar-refractivity contribution is -0.0894. The van der Waals surface area contributed by atoms with Crippen LogP contribution in [0.5, 0.6) is 0 Å². The summed E-state index contributed by atoms with van der Waals surface area (Å²) in [6, 6.07) is 0. The van der Waals surface area contributed by atoms with Crippen LogP contribution in [-0.4, -0.2) is 49.6 Å². The zero-order chi connectivity index (χ0) is 14.4. The molecule has 1 saturated heterocycles. The van der Waals surface area contributed by atoms with Crippen LogP contribution >= 0.6 is 0 Å². The molecule has 1 rings (SSSR count). The Kier molecular flexibility index (Phi) is 4.06. The standard InChI is InChI=1S/C11H25B3O4/c1-8(2,15)9(3,4)16-13-14-17-10(5,6)11(7,12)18-14/h13,15H,12H2,1-7H3. The fourth-order valence-corrected chi connectivity index (χ4v) is 1.49. The summed E-state index contributed by atoms with van der Waals surface area (Å²) in [5.41, 5.74) is -2.27. The Hall–Kier alpha value is 0.0348. The second kappa shape index (κ2) is 4.55. The van der Waals surface area contributed by atoms with Crippen LogP contribution in [0.1, 0.15) is 48.5 Å². The SMILES string of the molecule is BC1(C)OB(BOC(C)(C)C(C)(C)O)OC1(C)C. The summed E-state index contributed by atoms with van der Waals surface area (Å²) >= 11 is 0. The molecule has 0 bridgehead atoms. The van der Waals surface area contributed by atoms with Crippen LogP contribution < -0.4 is 0 Å². The van der Waals surface area contributed by atoms with Crippen molar-refractivity contribution in [3.63, 3.8) is 0 Å². The maximum absolute atomic E-state index is 10.0. The Bertz CT molecular complexity index is 294. The second-order valence-corrected chi connectivity index (χ2v) is 7.07. The van der Waals surface area contributed by atoms with Crippen LogP contribution in [-0.2, 0) is 14.0 Å². The minimum Gasteiger partial charge on any atom is -0.434 e. The van der Waals surface area contributed by atoms with E-state index in [4.69, 9.17) is 14.0 Å². The molecule has 18 heavy (non-hydrogen) atoms. The fraction of sp³-hybridized carbons (Fsp3) is 1.00. The lowest BCUT2D eigenvalue weighted by atomic mass is 9.55. The average Bonchev–Trinajstić information content (AvgIpc) is 2.30. The van der Waals surface area contributed by atoms with E-state index in [1.807, 2.05) is 42.5 Å². The molecule has 1 unspecified atom stereocenters. The van der Waals surface area contributed by atoms with Crippen LogP contribution in [0.4, 0.5) is 0 Å². The molecular weight excluding hydrogens is 229 g/mol. The van der Waals surface area contributed by atoms with Crippen LogP contribution in [0.2, 0.25) is 0 Å². The van der Waals surface area contributed by atoms with Gasteiger partial charge in [0.05, 0.1) is 16.8 Å². The van der Waals surface area contributed by atoms with Gasteiger partial charge in [-0.05, 0) is 48.5 Å². The Morgan fingerprint density at radius 2 is 1.67 bits per heavy atom. The highest BCUT2D eigenvalue weighted by molar-refractivity contribution is 7.03. The van der Waals surface area contributed by atoms with E-state index in [1.54, 1.807) is 13.8 Å². The van der Waals surface area contributed by atoms with Gasteiger partial charge in [0.2, 0.25) is 0 Å². The smallest absolute Gasteiger partial charge is 0.434 e. The molecular formula is C11H25B3O4. The van der Waals surface area contributed by atoms with Crippen LogP contribution in [0.3, 0.4) is 0 Å². The average molecular weight is 254 g/mol. The largest absolute Gasteiger partial charge is 0.441 e. The zero-order valence-electron chi connectivity index (χ0n) is 13.0. The van der Waals surface area contributed by atoms with E-state index in [9.17, 15) is 5.11 Å². The molecule has 0 amide bonds. The molecule has 102 valence electrons. The third kappa shape index (κ3) is 3.13. The summed E-state index contributed by atoms with van der Waals surface area (Å²) in [6.45, 7) is 13.2. The Balaban J connectivity index is 2.58. The summed E-state index contributed by atoms with van der Waals surface area (Å²) in [7, 11) is 1.93. The summed E-state index contributed by atoms with van der Waals surface area (Å²) < 4.78 is 17.5. The fourth-order valence-electron chi connectivity index (χ4n) is 1.49. The van der Waals surface area contributed by atoms with Crippen molar-refractivity contribution < 1.29 is 19.1 Å². The van der Waals surface area contributed by atoms with E-state index in [-0.39, 0.29) is 11.1 Å². The highest BCUT2D eigenvalue weighted by Crippen LogP contribution is 2.35. The highest BCUT2D eigenvalue weighted by atomic mass is 16.7. The molecule has 1 heterocycles. The molecule has 0 aliphatic carbocycles. The van der Waals surface area contributed by atoms with Gasteiger partial charge in [-0.1, -0.05) is 0 Å². The van der Waals surface area contributed by atoms with Gasteiger partial charge in [-0.3, -0.25) is 0 Å². The van der Waals surface area contributed by atoms with Crippen molar-refractivity contribution in [1.82, 2.24) is 0 Å². The molecule has 1 aliphatic rings. The first-order valence-electron chi connectivity index (χ1n) is 6.50. The molecule has 1 aliphatic heterocycles. The normalized spacial score (nSPS) is 28.6. The third-order valence-electron chi connectivity index (χ3n) is 4.36. The van der Waals surface area contributed by atoms with Gasteiger partial charge in [-0.2, -0.15) is 0 Å². The Morgan fingerprint density at radius 3 is 2.00 bits per heavy atom. The van der Waals surface area contributed by atoms with Gasteiger partial charge in [-0.15, -0.1) is 0 Å². The van der Waals surface area contributed by atoms with Crippen molar-refractivity contribution in [2.75, 3.05) is 0 Å². The molecule has 0 aromatic heterocycles. The van der Waals surface area contributed by atoms with Crippen LogP contribution in [0.25, 0.3) is 0 Å². The molecule has 4 nitrogen and oxygen atoms in total. The summed E-state index contributed by atoms with van der Waals surface area (Å²) in [5, 5.41) is 10.0. The van der Waals surface area contributed by atoms with Crippen molar-refractivity contribution in [3.05, 3.63) is 0 Å². The minimum absolute atomic E-state index is 0.309. The van der Waals surface area contributed by atoms with Gasteiger partial charge in [0.15, 0.2) is 0 Å². The van der Waals surface area contributed by atoms with Crippen molar-refractivity contribution in [2.24, 2.45) is 0 Å². The van der Waals surface area contributed by atoms with Gasteiger partial charge in [-0.25, -0.2) is 0 Å². The lowest BCUT2D eigenvalue weighted by Gasteiger charge is -2.37. The highest BCUT2D eigenvalue weighted by Gasteiger charge is 2.51. The maximum atomic E-state index is 10.0. The van der Waals surface area contributed by atoms with E-state index >= 15 is 0 Å². The minimum atomic E-state index is -0.920. The molecule has 1 N–H and O–H groups in total. The first kappa shape index (κ1) is 16.1. The van der Waals surface area contributed by atoms with Crippen molar-refractivity contribution in [1.29, 1.82) is 0 Å². The van der Waals surface area contributed by atoms with E-state index in [1.165, 1.54) is 0 Å². The topological polar surface area (TPSA) is 47.9 Å². The Labute approximate surface area is 113 Å². The zero-order valence-corrected chi connectivity index (χ0v) is 13.0. The molecule has 0 radical (unpaired) electrons. The monoisotopic (exact) mass is 254 g/mol. The van der Waals surface area contributed by atoms with Crippen molar-refractivity contribution >= 4 is 22.2 Å². The number of aliphatic hydroxyl groups is 1. The van der Waals surface area contributed by atoms with Crippen molar-refractivity contribution in [2.45, 2.75) is 70.8 Å². The molecule has 0 aromatic carbocycles. The van der Waals surface area contributed by atoms with Gasteiger partial charge in [0, 0.05) is 5.50 Å². The first-order valence-corrected chi connectivity index (χ1v) is 6.50. The van der Waals surface area contributed by atoms with Gasteiger partial charge < -0.3 is 19.1 Å². The van der Waals surface area contributed by atoms with Crippen LogP contribution in [0, 0.1) is 0 Å². The lowest BCUT2D eigenvalue weighted by Crippen LogP contribution is -2.50. The van der Waals surface area contributed by atoms with Gasteiger partial charge >= 0.3 is 14.4 Å². The van der Waals surface area contributed by atoms with Gasteiger partial charge in [0.25, 0.3) is 0 Å². The van der Waals surface area contributed by atoms with E-state index in [2.05, 4.69) is 0 Å². The number of hydrogen-bond donors (Lipinski definition) is 1. The molecule has 7 heteroatoms. The molecule has 0 saturated carbocycles.